The molecule has 1 saturated carbocycles. The van der Waals surface area contributed by atoms with Gasteiger partial charge in [-0.05, 0) is 48.8 Å². The molecule has 0 N–H and O–H groups in total. The summed E-state index contributed by atoms with van der Waals surface area (Å²) in [6.07, 6.45) is 10.1. The van der Waals surface area contributed by atoms with Crippen molar-refractivity contribution in [3.05, 3.63) is 17.5 Å². The number of hydrogen-bond acceptors (Lipinski definition) is 3. The number of halogens is 1. The molecular weight excluding hydrogens is 234 g/mol. The molecule has 0 aromatic carbocycles. The zero-order valence-electron chi connectivity index (χ0n) is 10.0. The Balaban J connectivity index is 1.68. The summed E-state index contributed by atoms with van der Waals surface area (Å²) in [4.78, 5) is 10.6. The standard InChI is InChI=1S/C13H18ClN3/c14-12-15-8-3-11(16-12)17-9-6-13(7-10-17)4-1-2-5-13/h3,8H,1-2,4-7,9-10H2. The fraction of sp³-hybridized carbons (Fsp3) is 0.692. The number of piperidine rings is 1. The van der Waals surface area contributed by atoms with Gasteiger partial charge in [0.15, 0.2) is 0 Å². The first-order valence-corrected chi connectivity index (χ1v) is 6.89. The Hall–Kier alpha value is -0.830. The lowest BCUT2D eigenvalue weighted by molar-refractivity contribution is 0.226. The van der Waals surface area contributed by atoms with Gasteiger partial charge in [-0.3, -0.25) is 0 Å². The largest absolute Gasteiger partial charge is 0.356 e. The Labute approximate surface area is 107 Å². The lowest BCUT2D eigenvalue weighted by Gasteiger charge is -2.39. The van der Waals surface area contributed by atoms with E-state index >= 15 is 0 Å². The maximum Gasteiger partial charge on any atom is 0.224 e. The molecule has 0 bridgehead atoms. The number of nitrogens with zero attached hydrogens (tertiary/aromatic N) is 3. The molecule has 1 aromatic rings. The molecule has 1 aromatic heterocycles. The van der Waals surface area contributed by atoms with Crippen molar-refractivity contribution in [1.29, 1.82) is 0 Å². The summed E-state index contributed by atoms with van der Waals surface area (Å²) in [5.41, 5.74) is 0.660. The molecule has 0 unspecified atom stereocenters. The first-order valence-electron chi connectivity index (χ1n) is 6.51. The van der Waals surface area contributed by atoms with E-state index in [4.69, 9.17) is 11.6 Å². The van der Waals surface area contributed by atoms with Gasteiger partial charge in [-0.1, -0.05) is 12.8 Å². The van der Waals surface area contributed by atoms with Gasteiger partial charge in [0, 0.05) is 19.3 Å². The van der Waals surface area contributed by atoms with E-state index in [1.807, 2.05) is 6.07 Å². The Morgan fingerprint density at radius 3 is 2.47 bits per heavy atom. The Bertz CT molecular complexity index is 391. The van der Waals surface area contributed by atoms with E-state index < -0.39 is 0 Å². The third kappa shape index (κ3) is 2.25. The van der Waals surface area contributed by atoms with Gasteiger partial charge in [-0.15, -0.1) is 0 Å². The molecule has 92 valence electrons. The second-order valence-corrected chi connectivity index (χ2v) is 5.72. The van der Waals surface area contributed by atoms with Crippen molar-refractivity contribution in [3.63, 3.8) is 0 Å². The van der Waals surface area contributed by atoms with Crippen LogP contribution in [-0.4, -0.2) is 23.1 Å². The highest BCUT2D eigenvalue weighted by molar-refractivity contribution is 6.28. The number of rotatable bonds is 1. The lowest BCUT2D eigenvalue weighted by atomic mass is 9.77. The third-order valence-corrected chi connectivity index (χ3v) is 4.61. The maximum absolute atomic E-state index is 5.84. The van der Waals surface area contributed by atoms with Crippen molar-refractivity contribution in [2.24, 2.45) is 5.41 Å². The van der Waals surface area contributed by atoms with Crippen LogP contribution in [0.25, 0.3) is 0 Å². The molecule has 2 fully saturated rings. The van der Waals surface area contributed by atoms with Crippen molar-refractivity contribution >= 4 is 17.4 Å². The molecule has 1 spiro atoms. The molecule has 0 radical (unpaired) electrons. The summed E-state index contributed by atoms with van der Waals surface area (Å²) in [5, 5.41) is 0.351. The van der Waals surface area contributed by atoms with Gasteiger partial charge >= 0.3 is 0 Å². The van der Waals surface area contributed by atoms with Gasteiger partial charge in [0.05, 0.1) is 0 Å². The van der Waals surface area contributed by atoms with Crippen LogP contribution in [0.3, 0.4) is 0 Å². The quantitative estimate of drug-likeness (QED) is 0.718. The average Bonchev–Trinajstić information content (AvgIpc) is 2.79. The second kappa shape index (κ2) is 4.45. The highest BCUT2D eigenvalue weighted by Crippen LogP contribution is 2.46. The number of aromatic nitrogens is 2. The summed E-state index contributed by atoms with van der Waals surface area (Å²) in [7, 11) is 0. The van der Waals surface area contributed by atoms with Gasteiger partial charge in [0.2, 0.25) is 5.28 Å². The summed E-state index contributed by atoms with van der Waals surface area (Å²) < 4.78 is 0. The van der Waals surface area contributed by atoms with Crippen LogP contribution in [0.5, 0.6) is 0 Å². The molecule has 4 heteroatoms. The first-order chi connectivity index (χ1) is 8.27. The second-order valence-electron chi connectivity index (χ2n) is 5.38. The number of hydrogen-bond donors (Lipinski definition) is 0. The maximum atomic E-state index is 5.84. The first kappa shape index (κ1) is 11.3. The molecule has 0 atom stereocenters. The molecule has 0 amide bonds. The van der Waals surface area contributed by atoms with Gasteiger partial charge < -0.3 is 4.90 Å². The highest BCUT2D eigenvalue weighted by atomic mass is 35.5. The molecule has 1 aliphatic carbocycles. The average molecular weight is 252 g/mol. The van der Waals surface area contributed by atoms with Crippen molar-refractivity contribution in [1.82, 2.24) is 9.97 Å². The van der Waals surface area contributed by atoms with E-state index in [2.05, 4.69) is 14.9 Å². The van der Waals surface area contributed by atoms with E-state index in [-0.39, 0.29) is 0 Å². The van der Waals surface area contributed by atoms with E-state index in [0.717, 1.165) is 18.9 Å². The van der Waals surface area contributed by atoms with Crippen LogP contribution in [0.2, 0.25) is 5.28 Å². The topological polar surface area (TPSA) is 29.0 Å². The van der Waals surface area contributed by atoms with Crippen molar-refractivity contribution in [3.8, 4) is 0 Å². The molecular formula is C13H18ClN3. The molecule has 17 heavy (non-hydrogen) atoms. The fourth-order valence-electron chi connectivity index (χ4n) is 3.34. The molecule has 1 aliphatic heterocycles. The predicted octanol–water partition coefficient (Wildman–Crippen LogP) is 3.29. The van der Waals surface area contributed by atoms with Crippen LogP contribution < -0.4 is 4.90 Å². The predicted molar refractivity (Wildman–Crippen MR) is 69.4 cm³/mol. The van der Waals surface area contributed by atoms with Crippen molar-refractivity contribution in [2.75, 3.05) is 18.0 Å². The lowest BCUT2D eigenvalue weighted by Crippen LogP contribution is -2.39. The van der Waals surface area contributed by atoms with Gasteiger partial charge in [0.1, 0.15) is 5.82 Å². The van der Waals surface area contributed by atoms with E-state index in [1.54, 1.807) is 6.20 Å². The minimum atomic E-state index is 0.351. The van der Waals surface area contributed by atoms with Crippen molar-refractivity contribution < 1.29 is 0 Å². The summed E-state index contributed by atoms with van der Waals surface area (Å²) in [5.74, 6) is 0.984. The van der Waals surface area contributed by atoms with Crippen LogP contribution in [0.15, 0.2) is 12.3 Å². The normalized spacial score (nSPS) is 23.2. The molecule has 1 saturated heterocycles. The monoisotopic (exact) mass is 251 g/mol. The van der Waals surface area contributed by atoms with Crippen LogP contribution >= 0.6 is 11.6 Å². The Morgan fingerprint density at radius 2 is 1.82 bits per heavy atom. The molecule has 3 rings (SSSR count). The molecule has 2 heterocycles. The summed E-state index contributed by atoms with van der Waals surface area (Å²) >= 11 is 5.84. The zero-order chi connectivity index (χ0) is 11.7. The Kier molecular flexibility index (Phi) is 2.95. The minimum Gasteiger partial charge on any atom is -0.356 e. The molecule has 3 nitrogen and oxygen atoms in total. The minimum absolute atomic E-state index is 0.351. The summed E-state index contributed by atoms with van der Waals surface area (Å²) in [6, 6.07) is 1.96. The zero-order valence-corrected chi connectivity index (χ0v) is 10.8. The van der Waals surface area contributed by atoms with E-state index in [9.17, 15) is 0 Å². The van der Waals surface area contributed by atoms with E-state index in [1.165, 1.54) is 38.5 Å². The fourth-order valence-corrected chi connectivity index (χ4v) is 3.48. The van der Waals surface area contributed by atoms with Gasteiger partial charge in [-0.2, -0.15) is 0 Å². The smallest absolute Gasteiger partial charge is 0.224 e. The van der Waals surface area contributed by atoms with Gasteiger partial charge in [0.25, 0.3) is 0 Å². The summed E-state index contributed by atoms with van der Waals surface area (Å²) in [6.45, 7) is 2.24. The van der Waals surface area contributed by atoms with Crippen molar-refractivity contribution in [2.45, 2.75) is 38.5 Å². The van der Waals surface area contributed by atoms with Crippen LogP contribution in [0, 0.1) is 5.41 Å². The number of anilines is 1. The molecule has 2 aliphatic rings. The SMILES string of the molecule is Clc1nccc(N2CCC3(CCCC3)CC2)n1. The van der Waals surface area contributed by atoms with Crippen LogP contribution in [-0.2, 0) is 0 Å². The van der Waals surface area contributed by atoms with Crippen LogP contribution in [0.4, 0.5) is 5.82 Å². The Morgan fingerprint density at radius 1 is 1.12 bits per heavy atom. The third-order valence-electron chi connectivity index (χ3n) is 4.42. The van der Waals surface area contributed by atoms with Crippen LogP contribution in [0.1, 0.15) is 38.5 Å². The van der Waals surface area contributed by atoms with Gasteiger partial charge in [-0.25, -0.2) is 9.97 Å². The highest BCUT2D eigenvalue weighted by Gasteiger charge is 2.37. The van der Waals surface area contributed by atoms with E-state index in [0.29, 0.717) is 10.7 Å².